The van der Waals surface area contributed by atoms with Gasteiger partial charge in [0, 0.05) is 26.2 Å². The molecule has 1 N–H and O–H groups in total. The number of nitrogens with one attached hydrogen (secondary N) is 1. The average Bonchev–Trinajstić information content (AvgIpc) is 2.72. The minimum Gasteiger partial charge on any atom is -0.341 e. The first kappa shape index (κ1) is 14.8. The number of hydrogen-bond acceptors (Lipinski definition) is 3. The Kier molecular flexibility index (Phi) is 5.22. The van der Waals surface area contributed by atoms with Crippen molar-refractivity contribution < 1.29 is 4.79 Å². The topological polar surface area (TPSA) is 35.6 Å². The van der Waals surface area contributed by atoms with Gasteiger partial charge in [-0.2, -0.15) is 0 Å². The molecule has 4 heteroatoms. The number of carbonyl (C=O) groups is 1. The molecule has 2 fully saturated rings. The summed E-state index contributed by atoms with van der Waals surface area (Å²) < 4.78 is 0. The van der Waals surface area contributed by atoms with Gasteiger partial charge in [-0.05, 0) is 44.2 Å². The van der Waals surface area contributed by atoms with Gasteiger partial charge >= 0.3 is 0 Å². The lowest BCUT2D eigenvalue weighted by Crippen LogP contribution is -2.41. The van der Waals surface area contributed by atoms with Crippen molar-refractivity contribution >= 4 is 5.91 Å². The van der Waals surface area contributed by atoms with Crippen LogP contribution in [0.2, 0.25) is 0 Å². The van der Waals surface area contributed by atoms with Gasteiger partial charge in [0.2, 0.25) is 5.91 Å². The summed E-state index contributed by atoms with van der Waals surface area (Å²) in [6.07, 6.45) is 4.73. The summed E-state index contributed by atoms with van der Waals surface area (Å²) >= 11 is 0. The summed E-state index contributed by atoms with van der Waals surface area (Å²) in [5, 5.41) is 3.38. The maximum absolute atomic E-state index is 12.4. The lowest BCUT2D eigenvalue weighted by Gasteiger charge is -2.27. The van der Waals surface area contributed by atoms with Gasteiger partial charge in [-0.15, -0.1) is 0 Å². The van der Waals surface area contributed by atoms with Crippen LogP contribution in [0.1, 0.15) is 39.5 Å². The van der Waals surface area contributed by atoms with E-state index in [1.54, 1.807) is 0 Å². The highest BCUT2D eigenvalue weighted by molar-refractivity contribution is 5.78. The molecule has 0 saturated carbocycles. The van der Waals surface area contributed by atoms with Crippen molar-refractivity contribution in [1.29, 1.82) is 0 Å². The quantitative estimate of drug-likeness (QED) is 0.834. The highest BCUT2D eigenvalue weighted by Crippen LogP contribution is 2.36. The Hall–Kier alpha value is -0.610. The molecule has 0 atom stereocenters. The summed E-state index contributed by atoms with van der Waals surface area (Å²) in [5.41, 5.74) is 0.399. The fourth-order valence-electron chi connectivity index (χ4n) is 3.33. The van der Waals surface area contributed by atoms with Gasteiger partial charge in [0.25, 0.3) is 0 Å². The van der Waals surface area contributed by atoms with Crippen LogP contribution >= 0.6 is 0 Å². The van der Waals surface area contributed by atoms with Crippen LogP contribution in [0.15, 0.2) is 0 Å². The second-order valence-corrected chi connectivity index (χ2v) is 6.15. The van der Waals surface area contributed by atoms with Crippen molar-refractivity contribution in [1.82, 2.24) is 15.1 Å². The predicted octanol–water partition coefficient (Wildman–Crippen LogP) is 1.32. The van der Waals surface area contributed by atoms with Gasteiger partial charge in [0.15, 0.2) is 0 Å². The number of hydrogen-bond donors (Lipinski definition) is 1. The molecular formula is C15H29N3O. The summed E-state index contributed by atoms with van der Waals surface area (Å²) in [4.78, 5) is 16.8. The number of rotatable bonds is 4. The monoisotopic (exact) mass is 267 g/mol. The molecule has 0 aliphatic carbocycles. The molecule has 2 heterocycles. The number of amides is 1. The highest BCUT2D eigenvalue weighted by Gasteiger charge is 2.37. The van der Waals surface area contributed by atoms with E-state index in [9.17, 15) is 4.79 Å². The molecule has 110 valence electrons. The van der Waals surface area contributed by atoms with Crippen LogP contribution in [0, 0.1) is 5.41 Å². The summed E-state index contributed by atoms with van der Waals surface area (Å²) in [7, 11) is 0. The number of carbonyl (C=O) groups excluding carboxylic acids is 1. The molecule has 0 aromatic carbocycles. The molecule has 0 unspecified atom stereocenters. The van der Waals surface area contributed by atoms with Gasteiger partial charge in [0.05, 0.1) is 6.54 Å². The number of likely N-dealkylation sites (tertiary alicyclic amines) is 1. The summed E-state index contributed by atoms with van der Waals surface area (Å²) in [6, 6.07) is 0. The van der Waals surface area contributed by atoms with E-state index < -0.39 is 0 Å². The van der Waals surface area contributed by atoms with Crippen molar-refractivity contribution in [3.8, 4) is 0 Å². The van der Waals surface area contributed by atoms with Gasteiger partial charge in [-0.1, -0.05) is 13.8 Å². The SMILES string of the molecule is CCC1(CC)CCN(C(=O)CN2CCCNCC2)C1. The largest absolute Gasteiger partial charge is 0.341 e. The lowest BCUT2D eigenvalue weighted by molar-refractivity contribution is -0.131. The van der Waals surface area contributed by atoms with Crippen molar-refractivity contribution in [3.05, 3.63) is 0 Å². The first-order valence-corrected chi connectivity index (χ1v) is 7.90. The van der Waals surface area contributed by atoms with Crippen LogP contribution in [-0.4, -0.2) is 61.5 Å². The average molecular weight is 267 g/mol. The van der Waals surface area contributed by atoms with Crippen molar-refractivity contribution in [2.24, 2.45) is 5.41 Å². The predicted molar refractivity (Wildman–Crippen MR) is 78.1 cm³/mol. The lowest BCUT2D eigenvalue weighted by atomic mass is 9.82. The summed E-state index contributed by atoms with van der Waals surface area (Å²) in [5.74, 6) is 0.339. The van der Waals surface area contributed by atoms with E-state index >= 15 is 0 Å². The summed E-state index contributed by atoms with van der Waals surface area (Å²) in [6.45, 7) is 11.2. The van der Waals surface area contributed by atoms with Gasteiger partial charge in [-0.25, -0.2) is 0 Å². The maximum atomic E-state index is 12.4. The normalized spacial score (nSPS) is 24.4. The molecule has 19 heavy (non-hydrogen) atoms. The fourth-order valence-corrected chi connectivity index (χ4v) is 3.33. The van der Waals surface area contributed by atoms with Crippen molar-refractivity contribution in [3.63, 3.8) is 0 Å². The van der Waals surface area contributed by atoms with E-state index in [0.717, 1.165) is 45.7 Å². The van der Waals surface area contributed by atoms with E-state index in [1.807, 2.05) is 0 Å². The van der Waals surface area contributed by atoms with Gasteiger partial charge in [0.1, 0.15) is 0 Å². The van der Waals surface area contributed by atoms with Crippen molar-refractivity contribution in [2.45, 2.75) is 39.5 Å². The van der Waals surface area contributed by atoms with E-state index in [4.69, 9.17) is 0 Å². The molecule has 2 aliphatic rings. The minimum atomic E-state index is 0.339. The zero-order valence-corrected chi connectivity index (χ0v) is 12.6. The zero-order chi connectivity index (χ0) is 13.7. The standard InChI is InChI=1S/C15H29N3O/c1-3-15(4-2)6-10-18(13-15)14(19)12-17-9-5-7-16-8-11-17/h16H,3-13H2,1-2H3. The Morgan fingerprint density at radius 1 is 1.16 bits per heavy atom. The maximum Gasteiger partial charge on any atom is 0.236 e. The van der Waals surface area contributed by atoms with Gasteiger partial charge in [-0.3, -0.25) is 9.69 Å². The smallest absolute Gasteiger partial charge is 0.236 e. The van der Waals surface area contributed by atoms with Crippen LogP contribution in [0.3, 0.4) is 0 Å². The molecule has 0 aromatic rings. The van der Waals surface area contributed by atoms with Crippen LogP contribution in [-0.2, 0) is 4.79 Å². The Morgan fingerprint density at radius 3 is 2.63 bits per heavy atom. The van der Waals surface area contributed by atoms with Gasteiger partial charge < -0.3 is 10.2 Å². The molecule has 0 spiro atoms. The van der Waals surface area contributed by atoms with Crippen LogP contribution in [0.25, 0.3) is 0 Å². The fraction of sp³-hybridized carbons (Fsp3) is 0.933. The van der Waals surface area contributed by atoms with E-state index in [0.29, 0.717) is 17.9 Å². The molecule has 0 aromatic heterocycles. The third-order valence-electron chi connectivity index (χ3n) is 5.08. The van der Waals surface area contributed by atoms with Crippen LogP contribution in [0.4, 0.5) is 0 Å². The van der Waals surface area contributed by atoms with Crippen LogP contribution in [0.5, 0.6) is 0 Å². The third kappa shape index (κ3) is 3.69. The van der Waals surface area contributed by atoms with E-state index in [2.05, 4.69) is 29.0 Å². The first-order valence-electron chi connectivity index (χ1n) is 7.90. The molecule has 4 nitrogen and oxygen atoms in total. The molecule has 1 amide bonds. The van der Waals surface area contributed by atoms with E-state index in [-0.39, 0.29) is 0 Å². The van der Waals surface area contributed by atoms with Crippen LogP contribution < -0.4 is 5.32 Å². The van der Waals surface area contributed by atoms with E-state index in [1.165, 1.54) is 19.3 Å². The molecule has 2 saturated heterocycles. The Labute approximate surface area is 117 Å². The third-order valence-corrected chi connectivity index (χ3v) is 5.08. The van der Waals surface area contributed by atoms with Crippen molar-refractivity contribution in [2.75, 3.05) is 45.8 Å². The molecule has 2 aliphatic heterocycles. The Balaban J connectivity index is 1.83. The second-order valence-electron chi connectivity index (χ2n) is 6.15. The second kappa shape index (κ2) is 6.71. The molecule has 2 rings (SSSR count). The highest BCUT2D eigenvalue weighted by atomic mass is 16.2. The number of nitrogens with zero attached hydrogens (tertiary/aromatic N) is 2. The Bertz CT molecular complexity index is 294. The molecule has 0 radical (unpaired) electrons. The minimum absolute atomic E-state index is 0.339. The first-order chi connectivity index (χ1) is 9.19. The molecular weight excluding hydrogens is 238 g/mol. The molecule has 0 bridgehead atoms. The zero-order valence-electron chi connectivity index (χ0n) is 12.6. The Morgan fingerprint density at radius 2 is 1.95 bits per heavy atom.